The van der Waals surface area contributed by atoms with Gasteiger partial charge < -0.3 is 37.2 Å². The number of likely N-dealkylation sites (tertiary alicyclic amines) is 1. The van der Waals surface area contributed by atoms with Crippen molar-refractivity contribution in [1.82, 2.24) is 15.5 Å². The number of β-amino-alcohol motifs (C(OH)–C–C–N with tert-alkyl or cyclic N) is 1. The van der Waals surface area contributed by atoms with Gasteiger partial charge in [-0.25, -0.2) is 0 Å². The zero-order valence-corrected chi connectivity index (χ0v) is 14.2. The number of nitrogens with one attached hydrogen (secondary N) is 2. The number of rotatable bonds is 8. The van der Waals surface area contributed by atoms with Gasteiger partial charge in [0.05, 0.1) is 19.1 Å². The maximum Gasteiger partial charge on any atom is 0.246 e. The van der Waals surface area contributed by atoms with E-state index >= 15 is 0 Å². The normalized spacial score (nSPS) is 21.6. The Labute approximate surface area is 148 Å². The maximum absolute atomic E-state index is 12.6. The molecule has 0 bridgehead atoms. The van der Waals surface area contributed by atoms with Gasteiger partial charge in [0.2, 0.25) is 29.5 Å². The third-order valence-electron chi connectivity index (χ3n) is 3.79. The fraction of sp³-hybridized carbons (Fsp3) is 0.643. The molecule has 0 spiro atoms. The predicted molar refractivity (Wildman–Crippen MR) is 85.8 cm³/mol. The highest BCUT2D eigenvalue weighted by Gasteiger charge is 2.41. The van der Waals surface area contributed by atoms with Gasteiger partial charge in [0, 0.05) is 19.9 Å². The van der Waals surface area contributed by atoms with E-state index in [1.54, 1.807) is 0 Å². The van der Waals surface area contributed by atoms with Crippen LogP contribution in [0.3, 0.4) is 0 Å². The van der Waals surface area contributed by atoms with E-state index in [2.05, 4.69) is 10.6 Å². The molecule has 26 heavy (non-hydrogen) atoms. The molecule has 4 atom stereocenters. The second kappa shape index (κ2) is 9.10. The van der Waals surface area contributed by atoms with Gasteiger partial charge in [-0.2, -0.15) is 0 Å². The van der Waals surface area contributed by atoms with Gasteiger partial charge in [0.25, 0.3) is 0 Å². The van der Waals surface area contributed by atoms with Crippen LogP contribution in [0.4, 0.5) is 0 Å². The second-order valence-electron chi connectivity index (χ2n) is 5.97. The Bertz CT molecular complexity index is 596. The Balaban J connectivity index is 2.96. The molecule has 0 aromatic heterocycles. The first-order valence-corrected chi connectivity index (χ1v) is 7.81. The Morgan fingerprint density at radius 1 is 1.15 bits per heavy atom. The summed E-state index contributed by atoms with van der Waals surface area (Å²) in [7, 11) is 0. The van der Waals surface area contributed by atoms with Gasteiger partial charge in [-0.1, -0.05) is 0 Å². The minimum absolute atomic E-state index is 0.0660. The Morgan fingerprint density at radius 2 is 1.77 bits per heavy atom. The molecule has 0 aliphatic carbocycles. The number of carbonyl (C=O) groups excluding carboxylic acids is 5. The van der Waals surface area contributed by atoms with Crippen molar-refractivity contribution < 1.29 is 34.2 Å². The number of hydrogen-bond donors (Lipinski definition) is 6. The molecule has 8 N–H and O–H groups in total. The lowest BCUT2D eigenvalue weighted by Gasteiger charge is -2.28. The van der Waals surface area contributed by atoms with Crippen LogP contribution in [0.2, 0.25) is 0 Å². The first-order valence-electron chi connectivity index (χ1n) is 7.81. The lowest BCUT2D eigenvalue weighted by molar-refractivity contribution is -0.142. The van der Waals surface area contributed by atoms with Crippen LogP contribution >= 0.6 is 0 Å². The van der Waals surface area contributed by atoms with Crippen LogP contribution in [0.5, 0.6) is 0 Å². The van der Waals surface area contributed by atoms with Crippen LogP contribution < -0.4 is 22.1 Å². The first kappa shape index (κ1) is 21.3. The molecular weight excluding hydrogens is 350 g/mol. The molecule has 1 rings (SSSR count). The lowest BCUT2D eigenvalue weighted by Crippen LogP contribution is -2.57. The number of primary amides is 2. The Morgan fingerprint density at radius 3 is 2.23 bits per heavy atom. The molecule has 1 heterocycles. The van der Waals surface area contributed by atoms with Crippen molar-refractivity contribution in [1.29, 1.82) is 0 Å². The van der Waals surface area contributed by atoms with Gasteiger partial charge in [0.15, 0.2) is 0 Å². The van der Waals surface area contributed by atoms with Crippen molar-refractivity contribution in [3.05, 3.63) is 0 Å². The van der Waals surface area contributed by atoms with Crippen molar-refractivity contribution in [2.75, 3.05) is 13.2 Å². The molecule has 1 aliphatic heterocycles. The van der Waals surface area contributed by atoms with Crippen molar-refractivity contribution in [2.45, 2.75) is 44.0 Å². The Kier molecular flexibility index (Phi) is 7.46. The number of aliphatic hydroxyl groups excluding tert-OH is 2. The predicted octanol–water partition coefficient (Wildman–Crippen LogP) is -4.71. The van der Waals surface area contributed by atoms with E-state index in [-0.39, 0.29) is 13.0 Å². The van der Waals surface area contributed by atoms with Crippen LogP contribution in [0, 0.1) is 0 Å². The fourth-order valence-corrected chi connectivity index (χ4v) is 2.64. The number of aliphatic hydroxyl groups is 2. The van der Waals surface area contributed by atoms with Crippen LogP contribution in [0.15, 0.2) is 0 Å². The Hall–Kier alpha value is -2.73. The summed E-state index contributed by atoms with van der Waals surface area (Å²) in [4.78, 5) is 59.5. The zero-order chi connectivity index (χ0) is 20.0. The zero-order valence-electron chi connectivity index (χ0n) is 14.2. The minimum atomic E-state index is -1.45. The molecule has 0 aromatic rings. The quantitative estimate of drug-likeness (QED) is 0.245. The molecule has 1 aliphatic rings. The number of nitrogens with two attached hydrogens (primary N) is 2. The monoisotopic (exact) mass is 373 g/mol. The number of hydrogen-bond acceptors (Lipinski definition) is 7. The molecule has 146 valence electrons. The van der Waals surface area contributed by atoms with Gasteiger partial charge >= 0.3 is 0 Å². The second-order valence-corrected chi connectivity index (χ2v) is 5.97. The van der Waals surface area contributed by atoms with Gasteiger partial charge in [-0.3, -0.25) is 24.0 Å². The van der Waals surface area contributed by atoms with Crippen molar-refractivity contribution >= 4 is 29.5 Å². The smallest absolute Gasteiger partial charge is 0.246 e. The molecular formula is C14H23N5O7. The summed E-state index contributed by atoms with van der Waals surface area (Å²) in [5.74, 6) is -4.09. The van der Waals surface area contributed by atoms with E-state index in [9.17, 15) is 34.2 Å². The molecule has 4 unspecified atom stereocenters. The van der Waals surface area contributed by atoms with Crippen LogP contribution in [0.1, 0.15) is 19.8 Å². The van der Waals surface area contributed by atoms with Crippen molar-refractivity contribution in [3.63, 3.8) is 0 Å². The molecule has 1 fully saturated rings. The lowest BCUT2D eigenvalue weighted by atomic mass is 10.1. The molecule has 1 saturated heterocycles. The summed E-state index contributed by atoms with van der Waals surface area (Å²) < 4.78 is 0. The van der Waals surface area contributed by atoms with E-state index in [1.165, 1.54) is 0 Å². The van der Waals surface area contributed by atoms with E-state index in [0.29, 0.717) is 0 Å². The van der Waals surface area contributed by atoms with Crippen molar-refractivity contribution in [3.8, 4) is 0 Å². The first-order chi connectivity index (χ1) is 12.1. The largest absolute Gasteiger partial charge is 0.394 e. The van der Waals surface area contributed by atoms with Crippen molar-refractivity contribution in [2.24, 2.45) is 11.5 Å². The summed E-state index contributed by atoms with van der Waals surface area (Å²) in [6, 6.07) is -3.88. The van der Waals surface area contributed by atoms with E-state index in [1.807, 2.05) is 0 Å². The molecule has 12 nitrogen and oxygen atoms in total. The summed E-state index contributed by atoms with van der Waals surface area (Å²) in [6.07, 6.45) is -1.63. The van der Waals surface area contributed by atoms with Gasteiger partial charge in [-0.15, -0.1) is 0 Å². The topological polar surface area (TPSA) is 205 Å². The average molecular weight is 373 g/mol. The minimum Gasteiger partial charge on any atom is -0.394 e. The highest BCUT2D eigenvalue weighted by atomic mass is 16.3. The van der Waals surface area contributed by atoms with E-state index < -0.39 is 66.8 Å². The van der Waals surface area contributed by atoms with Gasteiger partial charge in [0.1, 0.15) is 18.1 Å². The summed E-state index contributed by atoms with van der Waals surface area (Å²) in [6.45, 7) is 0.187. The number of nitrogens with zero attached hydrogens (tertiary/aromatic N) is 1. The highest BCUT2D eigenvalue weighted by molar-refractivity contribution is 5.96. The standard InChI is InChI=1S/C14H23N5O7/c1-6(21)17-9(5-20)13(25)18-8(3-11(15)23)14(26)19-4-7(22)2-10(19)12(16)24/h7-10,20,22H,2-5H2,1H3,(H2,15,23)(H2,16,24)(H,17,21)(H,18,25). The average Bonchev–Trinajstić information content (AvgIpc) is 2.92. The SMILES string of the molecule is CC(=O)NC(CO)C(=O)NC(CC(N)=O)C(=O)N1CC(O)CC1C(N)=O. The van der Waals surface area contributed by atoms with Crippen LogP contribution in [-0.2, 0) is 24.0 Å². The molecule has 12 heteroatoms. The highest BCUT2D eigenvalue weighted by Crippen LogP contribution is 2.19. The number of carbonyl (C=O) groups is 5. The number of amides is 5. The van der Waals surface area contributed by atoms with E-state index in [4.69, 9.17) is 11.5 Å². The van der Waals surface area contributed by atoms with Gasteiger partial charge in [-0.05, 0) is 0 Å². The fourth-order valence-electron chi connectivity index (χ4n) is 2.64. The molecule has 0 saturated carbocycles. The molecule has 0 radical (unpaired) electrons. The molecule has 5 amide bonds. The summed E-state index contributed by atoms with van der Waals surface area (Å²) in [5.41, 5.74) is 10.3. The van der Waals surface area contributed by atoms with E-state index in [0.717, 1.165) is 11.8 Å². The van der Waals surface area contributed by atoms with Crippen LogP contribution in [0.25, 0.3) is 0 Å². The maximum atomic E-state index is 12.6. The molecule has 0 aromatic carbocycles. The third-order valence-corrected chi connectivity index (χ3v) is 3.79. The van der Waals surface area contributed by atoms with Crippen LogP contribution in [-0.4, -0.2) is 82.0 Å². The summed E-state index contributed by atoms with van der Waals surface area (Å²) in [5, 5.41) is 23.3. The summed E-state index contributed by atoms with van der Waals surface area (Å²) >= 11 is 0. The third kappa shape index (κ3) is 5.67.